The van der Waals surface area contributed by atoms with Crippen LogP contribution in [0.4, 0.5) is 4.79 Å². The maximum absolute atomic E-state index is 11.8. The van der Waals surface area contributed by atoms with Crippen LogP contribution in [0, 0.1) is 0 Å². The Morgan fingerprint density at radius 3 is 1.93 bits per heavy atom. The highest BCUT2D eigenvalue weighted by Crippen LogP contribution is 2.33. The lowest BCUT2D eigenvalue weighted by Crippen LogP contribution is -2.44. The molecule has 0 aliphatic carbocycles. The lowest BCUT2D eigenvalue weighted by Gasteiger charge is -2.19. The zero-order valence-corrected chi connectivity index (χ0v) is 18.1. The highest BCUT2D eigenvalue weighted by molar-refractivity contribution is 6.43. The van der Waals surface area contributed by atoms with Gasteiger partial charge in [-0.05, 0) is 26.8 Å². The SMILES string of the molecule is CC(C)(C)OC(=O)NCC(=O)NCC(=O)NCC(=O)Oc1cc(Cl)c(Cl)cc1Cl. The Kier molecular flexibility index (Phi) is 9.48. The summed E-state index contributed by atoms with van der Waals surface area (Å²) in [6, 6.07) is 2.58. The third-order valence-corrected chi connectivity index (χ3v) is 3.88. The second-order valence-electron chi connectivity index (χ2n) is 6.58. The van der Waals surface area contributed by atoms with Gasteiger partial charge in [0.05, 0.1) is 21.6 Å². The highest BCUT2D eigenvalue weighted by Gasteiger charge is 2.17. The van der Waals surface area contributed by atoms with E-state index in [9.17, 15) is 19.2 Å². The van der Waals surface area contributed by atoms with E-state index in [1.807, 2.05) is 0 Å². The average Bonchev–Trinajstić information content (AvgIpc) is 2.59. The third kappa shape index (κ3) is 10.2. The molecule has 9 nitrogen and oxygen atoms in total. The fourth-order valence-electron chi connectivity index (χ4n) is 1.68. The molecule has 0 aromatic heterocycles. The van der Waals surface area contributed by atoms with Crippen LogP contribution in [0.1, 0.15) is 20.8 Å². The normalized spacial score (nSPS) is 10.7. The summed E-state index contributed by atoms with van der Waals surface area (Å²) in [5, 5.41) is 7.18. The van der Waals surface area contributed by atoms with Crippen LogP contribution in [0.15, 0.2) is 12.1 Å². The maximum atomic E-state index is 11.8. The number of benzene rings is 1. The van der Waals surface area contributed by atoms with Gasteiger partial charge in [-0.2, -0.15) is 0 Å². The van der Waals surface area contributed by atoms with Gasteiger partial charge in [-0.1, -0.05) is 34.8 Å². The quantitative estimate of drug-likeness (QED) is 0.321. The number of carbonyl (C=O) groups is 4. The van der Waals surface area contributed by atoms with Gasteiger partial charge in [0.1, 0.15) is 18.7 Å². The van der Waals surface area contributed by atoms with Crippen molar-refractivity contribution in [1.82, 2.24) is 16.0 Å². The Hall–Kier alpha value is -2.23. The van der Waals surface area contributed by atoms with Crippen molar-refractivity contribution in [3.8, 4) is 5.75 Å². The fraction of sp³-hybridized carbons (Fsp3) is 0.412. The zero-order valence-electron chi connectivity index (χ0n) is 15.9. The first-order valence-corrected chi connectivity index (χ1v) is 9.36. The lowest BCUT2D eigenvalue weighted by molar-refractivity contribution is -0.135. The van der Waals surface area contributed by atoms with E-state index in [0.29, 0.717) is 0 Å². The molecule has 1 aromatic carbocycles. The third-order valence-electron chi connectivity index (χ3n) is 2.87. The highest BCUT2D eigenvalue weighted by atomic mass is 35.5. The molecular weight excluding hydrogens is 449 g/mol. The Morgan fingerprint density at radius 2 is 1.34 bits per heavy atom. The van der Waals surface area contributed by atoms with Gasteiger partial charge in [0.15, 0.2) is 5.75 Å². The zero-order chi connectivity index (χ0) is 22.2. The van der Waals surface area contributed by atoms with E-state index in [1.165, 1.54) is 12.1 Å². The molecule has 0 saturated carbocycles. The molecule has 0 unspecified atom stereocenters. The Labute approximate surface area is 182 Å². The van der Waals surface area contributed by atoms with E-state index < -0.39 is 42.6 Å². The number of ether oxygens (including phenoxy) is 2. The molecule has 160 valence electrons. The summed E-state index contributed by atoms with van der Waals surface area (Å²) in [5.74, 6) is -2.08. The molecular formula is C17H20Cl3N3O6. The molecule has 3 N–H and O–H groups in total. The van der Waals surface area contributed by atoms with E-state index >= 15 is 0 Å². The van der Waals surface area contributed by atoms with Gasteiger partial charge >= 0.3 is 12.1 Å². The number of alkyl carbamates (subject to hydrolysis) is 1. The van der Waals surface area contributed by atoms with Crippen molar-refractivity contribution < 1.29 is 28.7 Å². The summed E-state index contributed by atoms with van der Waals surface area (Å²) in [4.78, 5) is 46.5. The first-order valence-electron chi connectivity index (χ1n) is 8.23. The van der Waals surface area contributed by atoms with Crippen LogP contribution in [-0.2, 0) is 19.1 Å². The smallest absolute Gasteiger partial charge is 0.408 e. The predicted molar refractivity (Wildman–Crippen MR) is 107 cm³/mol. The summed E-state index contributed by atoms with van der Waals surface area (Å²) >= 11 is 17.5. The Bertz CT molecular complexity index is 795. The lowest BCUT2D eigenvalue weighted by atomic mass is 10.2. The van der Waals surface area contributed by atoms with E-state index in [1.54, 1.807) is 20.8 Å². The van der Waals surface area contributed by atoms with Gasteiger partial charge in [0.25, 0.3) is 0 Å². The minimum atomic E-state index is -0.809. The van der Waals surface area contributed by atoms with Crippen LogP contribution in [0.3, 0.4) is 0 Å². The molecule has 0 aliphatic heterocycles. The second kappa shape index (κ2) is 11.1. The number of hydrogen-bond acceptors (Lipinski definition) is 6. The van der Waals surface area contributed by atoms with Crippen molar-refractivity contribution in [1.29, 1.82) is 0 Å². The molecule has 12 heteroatoms. The Morgan fingerprint density at radius 1 is 0.828 bits per heavy atom. The first kappa shape index (κ1) is 24.8. The van der Waals surface area contributed by atoms with Gasteiger partial charge in [0.2, 0.25) is 11.8 Å². The number of halogens is 3. The standard InChI is InChI=1S/C17H20Cl3N3O6/c1-17(2,3)29-16(27)23-7-14(25)21-6-13(24)22-8-15(26)28-12-5-10(19)9(18)4-11(12)20/h4-5H,6-8H2,1-3H3,(H,21,25)(H,22,24)(H,23,27). The molecule has 29 heavy (non-hydrogen) atoms. The summed E-state index contributed by atoms with van der Waals surface area (Å²) in [6.45, 7) is 3.78. The topological polar surface area (TPSA) is 123 Å². The van der Waals surface area contributed by atoms with Crippen LogP contribution in [0.5, 0.6) is 5.75 Å². The molecule has 0 aliphatic rings. The largest absolute Gasteiger partial charge is 0.444 e. The molecule has 0 radical (unpaired) electrons. The van der Waals surface area contributed by atoms with Crippen LogP contribution < -0.4 is 20.7 Å². The minimum absolute atomic E-state index is 0.0122. The monoisotopic (exact) mass is 467 g/mol. The van der Waals surface area contributed by atoms with Crippen molar-refractivity contribution in [2.24, 2.45) is 0 Å². The maximum Gasteiger partial charge on any atom is 0.408 e. The van der Waals surface area contributed by atoms with E-state index in [0.717, 1.165) is 0 Å². The molecule has 0 fully saturated rings. The van der Waals surface area contributed by atoms with Gasteiger partial charge in [-0.25, -0.2) is 9.59 Å². The number of esters is 1. The number of nitrogens with one attached hydrogen (secondary N) is 3. The van der Waals surface area contributed by atoms with Crippen LogP contribution >= 0.6 is 34.8 Å². The number of carbonyl (C=O) groups excluding carboxylic acids is 4. The summed E-state index contributed by atoms with van der Waals surface area (Å²) in [7, 11) is 0. The van der Waals surface area contributed by atoms with Crippen LogP contribution in [0.2, 0.25) is 15.1 Å². The number of rotatable bonds is 7. The minimum Gasteiger partial charge on any atom is -0.444 e. The number of amides is 3. The van der Waals surface area contributed by atoms with Crippen molar-refractivity contribution in [2.45, 2.75) is 26.4 Å². The molecule has 0 atom stereocenters. The molecule has 1 rings (SSSR count). The average molecular weight is 469 g/mol. The van der Waals surface area contributed by atoms with E-state index in [-0.39, 0.29) is 27.4 Å². The van der Waals surface area contributed by atoms with Crippen LogP contribution in [0.25, 0.3) is 0 Å². The van der Waals surface area contributed by atoms with E-state index in [4.69, 9.17) is 44.3 Å². The molecule has 3 amide bonds. The van der Waals surface area contributed by atoms with Crippen molar-refractivity contribution >= 4 is 58.7 Å². The van der Waals surface area contributed by atoms with Crippen molar-refractivity contribution in [3.63, 3.8) is 0 Å². The molecule has 1 aromatic rings. The van der Waals surface area contributed by atoms with Crippen molar-refractivity contribution in [3.05, 3.63) is 27.2 Å². The Balaban J connectivity index is 2.31. The summed E-state index contributed by atoms with van der Waals surface area (Å²) in [5.41, 5.74) is -0.698. The van der Waals surface area contributed by atoms with Gasteiger partial charge in [-0.15, -0.1) is 0 Å². The first-order chi connectivity index (χ1) is 13.4. The second-order valence-corrected chi connectivity index (χ2v) is 7.80. The molecule has 0 heterocycles. The molecule has 0 saturated heterocycles. The van der Waals surface area contributed by atoms with Gasteiger partial charge < -0.3 is 25.4 Å². The van der Waals surface area contributed by atoms with Crippen molar-refractivity contribution in [2.75, 3.05) is 19.6 Å². The molecule has 0 spiro atoms. The predicted octanol–water partition coefficient (Wildman–Crippen LogP) is 2.31. The molecule has 0 bridgehead atoms. The number of hydrogen-bond donors (Lipinski definition) is 3. The van der Waals surface area contributed by atoms with Gasteiger partial charge in [-0.3, -0.25) is 9.59 Å². The van der Waals surface area contributed by atoms with Crippen LogP contribution in [-0.4, -0.2) is 49.1 Å². The summed E-state index contributed by atoms with van der Waals surface area (Å²) < 4.78 is 9.95. The van der Waals surface area contributed by atoms with E-state index in [2.05, 4.69) is 16.0 Å². The summed E-state index contributed by atoms with van der Waals surface area (Å²) in [6.07, 6.45) is -0.763. The van der Waals surface area contributed by atoms with Gasteiger partial charge in [0, 0.05) is 6.07 Å². The fourth-order valence-corrected chi connectivity index (χ4v) is 2.26.